The van der Waals surface area contributed by atoms with Crippen molar-refractivity contribution in [2.24, 2.45) is 5.16 Å². The van der Waals surface area contributed by atoms with E-state index in [4.69, 9.17) is 32.6 Å². The highest BCUT2D eigenvalue weighted by molar-refractivity contribution is 6.42. The maximum Gasteiger partial charge on any atom is 0.227 e. The van der Waals surface area contributed by atoms with Crippen molar-refractivity contribution in [3.05, 3.63) is 45.5 Å². The molecule has 5 nitrogen and oxygen atoms in total. The zero-order valence-corrected chi connectivity index (χ0v) is 12.6. The number of rotatable bonds is 5. The molecule has 0 saturated carbocycles. The molecule has 0 bridgehead atoms. The van der Waals surface area contributed by atoms with Crippen LogP contribution in [0.4, 0.5) is 0 Å². The zero-order chi connectivity index (χ0) is 14.5. The molecule has 0 saturated heterocycles. The number of aryl methyl sites for hydroxylation is 2. The fourth-order valence-corrected chi connectivity index (χ4v) is 1.99. The van der Waals surface area contributed by atoms with Gasteiger partial charge in [-0.25, -0.2) is 0 Å². The molecule has 0 aliphatic heterocycles. The average Bonchev–Trinajstić information content (AvgIpc) is 2.84. The van der Waals surface area contributed by atoms with Gasteiger partial charge in [-0.3, -0.25) is 0 Å². The first-order valence-corrected chi connectivity index (χ1v) is 6.70. The lowest BCUT2D eigenvalue weighted by Crippen LogP contribution is -2.04. The third-order valence-corrected chi connectivity index (χ3v) is 3.34. The SMILES string of the molecule is CO/N=C(/CCc1nc(C)no1)c1ccc(Cl)c(Cl)c1. The Morgan fingerprint density at radius 2 is 2.15 bits per heavy atom. The van der Waals surface area contributed by atoms with Crippen LogP contribution in [0.1, 0.15) is 23.7 Å². The second-order valence-corrected chi connectivity index (χ2v) is 4.90. The van der Waals surface area contributed by atoms with Gasteiger partial charge in [0.05, 0.1) is 15.8 Å². The summed E-state index contributed by atoms with van der Waals surface area (Å²) in [4.78, 5) is 9.01. The van der Waals surface area contributed by atoms with Crippen molar-refractivity contribution in [3.63, 3.8) is 0 Å². The molecule has 0 aliphatic carbocycles. The van der Waals surface area contributed by atoms with Crippen LogP contribution in [-0.4, -0.2) is 23.0 Å². The monoisotopic (exact) mass is 313 g/mol. The summed E-state index contributed by atoms with van der Waals surface area (Å²) in [6.07, 6.45) is 1.16. The van der Waals surface area contributed by atoms with Crippen molar-refractivity contribution in [1.29, 1.82) is 0 Å². The molecule has 0 fully saturated rings. The van der Waals surface area contributed by atoms with Crippen LogP contribution in [0.15, 0.2) is 27.9 Å². The molecular formula is C13H13Cl2N3O2. The van der Waals surface area contributed by atoms with Crippen LogP contribution in [0.25, 0.3) is 0 Å². The Balaban J connectivity index is 2.14. The number of oxime groups is 1. The van der Waals surface area contributed by atoms with Crippen molar-refractivity contribution in [1.82, 2.24) is 10.1 Å². The van der Waals surface area contributed by atoms with E-state index in [1.165, 1.54) is 7.11 Å². The molecule has 0 atom stereocenters. The van der Waals surface area contributed by atoms with E-state index in [1.54, 1.807) is 19.1 Å². The van der Waals surface area contributed by atoms with Crippen LogP contribution in [0, 0.1) is 6.92 Å². The third-order valence-electron chi connectivity index (χ3n) is 2.60. The maximum atomic E-state index is 6.01. The van der Waals surface area contributed by atoms with Gasteiger partial charge in [0.2, 0.25) is 5.89 Å². The molecule has 1 aromatic carbocycles. The van der Waals surface area contributed by atoms with E-state index in [-0.39, 0.29) is 0 Å². The number of nitrogens with zero attached hydrogens (tertiary/aromatic N) is 3. The number of hydrogen-bond donors (Lipinski definition) is 0. The average molecular weight is 314 g/mol. The Labute approximate surface area is 126 Å². The van der Waals surface area contributed by atoms with Crippen molar-refractivity contribution in [2.45, 2.75) is 19.8 Å². The van der Waals surface area contributed by atoms with Crippen LogP contribution >= 0.6 is 23.2 Å². The smallest absolute Gasteiger partial charge is 0.227 e. The van der Waals surface area contributed by atoms with E-state index in [2.05, 4.69) is 15.3 Å². The molecule has 0 spiro atoms. The molecule has 0 unspecified atom stereocenters. The van der Waals surface area contributed by atoms with Crippen LogP contribution in [0.5, 0.6) is 0 Å². The molecule has 2 rings (SSSR count). The molecule has 0 N–H and O–H groups in total. The van der Waals surface area contributed by atoms with Gasteiger partial charge in [0, 0.05) is 18.4 Å². The molecule has 0 amide bonds. The summed E-state index contributed by atoms with van der Waals surface area (Å²) < 4.78 is 5.07. The van der Waals surface area contributed by atoms with Crippen LogP contribution in [-0.2, 0) is 11.3 Å². The molecule has 0 radical (unpaired) electrons. The predicted octanol–water partition coefficient (Wildman–Crippen LogP) is 3.67. The normalized spacial score (nSPS) is 11.7. The second-order valence-electron chi connectivity index (χ2n) is 4.08. The van der Waals surface area contributed by atoms with Gasteiger partial charge >= 0.3 is 0 Å². The fourth-order valence-electron chi connectivity index (χ4n) is 1.70. The predicted molar refractivity (Wildman–Crippen MR) is 77.4 cm³/mol. The zero-order valence-electron chi connectivity index (χ0n) is 11.1. The van der Waals surface area contributed by atoms with E-state index in [0.717, 1.165) is 11.3 Å². The Morgan fingerprint density at radius 3 is 2.75 bits per heavy atom. The van der Waals surface area contributed by atoms with Crippen LogP contribution in [0.3, 0.4) is 0 Å². The summed E-state index contributed by atoms with van der Waals surface area (Å²) in [5, 5.41) is 8.73. The van der Waals surface area contributed by atoms with E-state index in [9.17, 15) is 0 Å². The van der Waals surface area contributed by atoms with Gasteiger partial charge in [-0.1, -0.05) is 39.6 Å². The van der Waals surface area contributed by atoms with Gasteiger partial charge in [-0.2, -0.15) is 4.98 Å². The van der Waals surface area contributed by atoms with Crippen molar-refractivity contribution < 1.29 is 9.36 Å². The van der Waals surface area contributed by atoms with Gasteiger partial charge in [-0.05, 0) is 19.1 Å². The summed E-state index contributed by atoms with van der Waals surface area (Å²) in [6, 6.07) is 5.31. The van der Waals surface area contributed by atoms with Gasteiger partial charge in [-0.15, -0.1) is 0 Å². The van der Waals surface area contributed by atoms with E-state index in [0.29, 0.717) is 34.6 Å². The first kappa shape index (κ1) is 14.8. The summed E-state index contributed by atoms with van der Waals surface area (Å²) in [7, 11) is 1.49. The largest absolute Gasteiger partial charge is 0.399 e. The number of aromatic nitrogens is 2. The van der Waals surface area contributed by atoms with Crippen molar-refractivity contribution in [2.75, 3.05) is 7.11 Å². The maximum absolute atomic E-state index is 6.01. The minimum Gasteiger partial charge on any atom is -0.399 e. The minimum absolute atomic E-state index is 0.474. The molecule has 1 aromatic heterocycles. The minimum atomic E-state index is 0.474. The first-order chi connectivity index (χ1) is 9.60. The van der Waals surface area contributed by atoms with Gasteiger partial charge in [0.15, 0.2) is 5.82 Å². The Kier molecular flexibility index (Phi) is 4.98. The summed E-state index contributed by atoms with van der Waals surface area (Å²) in [5.74, 6) is 1.17. The highest BCUT2D eigenvalue weighted by atomic mass is 35.5. The van der Waals surface area contributed by atoms with E-state index < -0.39 is 0 Å². The molecule has 106 valence electrons. The molecule has 7 heteroatoms. The lowest BCUT2D eigenvalue weighted by Gasteiger charge is -2.06. The number of halogens is 2. The van der Waals surface area contributed by atoms with Crippen molar-refractivity contribution >= 4 is 28.9 Å². The van der Waals surface area contributed by atoms with Gasteiger partial charge < -0.3 is 9.36 Å². The van der Waals surface area contributed by atoms with Crippen LogP contribution < -0.4 is 0 Å². The molecule has 2 aromatic rings. The molecular weight excluding hydrogens is 301 g/mol. The Bertz CT molecular complexity index is 626. The Morgan fingerprint density at radius 1 is 1.35 bits per heavy atom. The second kappa shape index (κ2) is 6.72. The molecule has 1 heterocycles. The lowest BCUT2D eigenvalue weighted by molar-refractivity contribution is 0.212. The lowest BCUT2D eigenvalue weighted by atomic mass is 10.1. The molecule has 20 heavy (non-hydrogen) atoms. The van der Waals surface area contributed by atoms with Gasteiger partial charge in [0.1, 0.15) is 7.11 Å². The van der Waals surface area contributed by atoms with Gasteiger partial charge in [0.25, 0.3) is 0 Å². The van der Waals surface area contributed by atoms with Crippen molar-refractivity contribution in [3.8, 4) is 0 Å². The molecule has 0 aliphatic rings. The standard InChI is InChI=1S/C13H13Cl2N3O2/c1-8-16-13(20-17-8)6-5-12(18-19-2)9-3-4-10(14)11(15)7-9/h3-4,7H,5-6H2,1-2H3/b18-12-. The summed E-state index contributed by atoms with van der Waals surface area (Å²) >= 11 is 11.9. The fraction of sp³-hybridized carbons (Fsp3) is 0.308. The third kappa shape index (κ3) is 3.71. The topological polar surface area (TPSA) is 60.5 Å². The first-order valence-electron chi connectivity index (χ1n) is 5.95. The van der Waals surface area contributed by atoms with E-state index in [1.807, 2.05) is 6.07 Å². The highest BCUT2D eigenvalue weighted by Crippen LogP contribution is 2.23. The number of hydrogen-bond acceptors (Lipinski definition) is 5. The quantitative estimate of drug-likeness (QED) is 0.624. The van der Waals surface area contributed by atoms with Crippen LogP contribution in [0.2, 0.25) is 10.0 Å². The van der Waals surface area contributed by atoms with E-state index >= 15 is 0 Å². The summed E-state index contributed by atoms with van der Waals surface area (Å²) in [6.45, 7) is 1.77. The number of benzene rings is 1. The summed E-state index contributed by atoms with van der Waals surface area (Å²) in [5.41, 5.74) is 1.58. The highest BCUT2D eigenvalue weighted by Gasteiger charge is 2.10. The Hall–Kier alpha value is -1.59.